The molecule has 0 aliphatic rings. The molecule has 2 N–H and O–H groups in total. The van der Waals surface area contributed by atoms with Crippen molar-refractivity contribution in [2.24, 2.45) is 0 Å². The fourth-order valence-corrected chi connectivity index (χ4v) is 1.21. The SMILES string of the molecule is CCCCCC(CC)NOCCO. The van der Waals surface area contributed by atoms with Gasteiger partial charge in [0.2, 0.25) is 0 Å². The molecule has 0 radical (unpaired) electrons. The molecule has 0 saturated carbocycles. The van der Waals surface area contributed by atoms with Gasteiger partial charge in [-0.25, -0.2) is 0 Å². The number of nitrogens with one attached hydrogen (secondary N) is 1. The minimum atomic E-state index is 0.0817. The first-order valence-electron chi connectivity index (χ1n) is 5.33. The van der Waals surface area contributed by atoms with Crippen LogP contribution in [0.5, 0.6) is 0 Å². The number of unbranched alkanes of at least 4 members (excludes halogenated alkanes) is 2. The number of hydroxylamine groups is 1. The highest BCUT2D eigenvalue weighted by Gasteiger charge is 2.04. The van der Waals surface area contributed by atoms with Crippen molar-refractivity contribution in [3.8, 4) is 0 Å². The third-order valence-corrected chi connectivity index (χ3v) is 2.09. The molecule has 1 unspecified atom stereocenters. The summed E-state index contributed by atoms with van der Waals surface area (Å²) in [5, 5.41) is 8.50. The van der Waals surface area contributed by atoms with E-state index in [2.05, 4.69) is 19.3 Å². The second-order valence-corrected chi connectivity index (χ2v) is 3.29. The number of aliphatic hydroxyl groups excluding tert-OH is 1. The Hall–Kier alpha value is -0.120. The molecule has 0 aromatic heterocycles. The van der Waals surface area contributed by atoms with Crippen LogP contribution in [0, 0.1) is 0 Å². The standard InChI is InChI=1S/C10H23NO2/c1-3-5-6-7-10(4-2)11-13-9-8-12/h10-12H,3-9H2,1-2H3. The summed E-state index contributed by atoms with van der Waals surface area (Å²) >= 11 is 0. The van der Waals surface area contributed by atoms with Gasteiger partial charge in [0.25, 0.3) is 0 Å². The van der Waals surface area contributed by atoms with Crippen LogP contribution in [0.2, 0.25) is 0 Å². The van der Waals surface area contributed by atoms with Gasteiger partial charge >= 0.3 is 0 Å². The number of hydrogen-bond donors (Lipinski definition) is 2. The van der Waals surface area contributed by atoms with Gasteiger partial charge < -0.3 is 5.11 Å². The van der Waals surface area contributed by atoms with Gasteiger partial charge in [-0.15, -0.1) is 0 Å². The number of aliphatic hydroxyl groups is 1. The summed E-state index contributed by atoms with van der Waals surface area (Å²) in [5.41, 5.74) is 2.97. The molecule has 3 heteroatoms. The smallest absolute Gasteiger partial charge is 0.0913 e. The molecule has 80 valence electrons. The molecule has 13 heavy (non-hydrogen) atoms. The lowest BCUT2D eigenvalue weighted by atomic mass is 10.1. The summed E-state index contributed by atoms with van der Waals surface area (Å²) in [5.74, 6) is 0. The van der Waals surface area contributed by atoms with E-state index in [0.717, 1.165) is 12.8 Å². The van der Waals surface area contributed by atoms with E-state index in [1.165, 1.54) is 19.3 Å². The number of hydrogen-bond acceptors (Lipinski definition) is 3. The van der Waals surface area contributed by atoms with Crippen LogP contribution in [0.15, 0.2) is 0 Å². The predicted molar refractivity (Wildman–Crippen MR) is 54.4 cm³/mol. The fourth-order valence-electron chi connectivity index (χ4n) is 1.21. The topological polar surface area (TPSA) is 41.5 Å². The first-order chi connectivity index (χ1) is 6.35. The van der Waals surface area contributed by atoms with Gasteiger partial charge in [-0.3, -0.25) is 4.84 Å². The van der Waals surface area contributed by atoms with Gasteiger partial charge in [-0.1, -0.05) is 33.1 Å². The van der Waals surface area contributed by atoms with Crippen LogP contribution < -0.4 is 5.48 Å². The molecule has 0 amide bonds. The molecular formula is C10H23NO2. The van der Waals surface area contributed by atoms with Gasteiger partial charge in [0.1, 0.15) is 0 Å². The van der Waals surface area contributed by atoms with Crippen molar-refractivity contribution in [2.75, 3.05) is 13.2 Å². The van der Waals surface area contributed by atoms with Crippen molar-refractivity contribution < 1.29 is 9.94 Å². The van der Waals surface area contributed by atoms with Gasteiger partial charge in [0.05, 0.1) is 13.2 Å². The molecule has 0 rings (SSSR count). The van der Waals surface area contributed by atoms with Gasteiger partial charge in [-0.2, -0.15) is 5.48 Å². The Kier molecular flexibility index (Phi) is 9.87. The molecule has 0 fully saturated rings. The average molecular weight is 189 g/mol. The lowest BCUT2D eigenvalue weighted by Crippen LogP contribution is -2.29. The van der Waals surface area contributed by atoms with Crippen LogP contribution in [-0.2, 0) is 4.84 Å². The average Bonchev–Trinajstić information content (AvgIpc) is 2.16. The minimum absolute atomic E-state index is 0.0817. The first kappa shape index (κ1) is 12.9. The predicted octanol–water partition coefficient (Wildman–Crippen LogP) is 1.86. The summed E-state index contributed by atoms with van der Waals surface area (Å²) in [6, 6.07) is 0.443. The fraction of sp³-hybridized carbons (Fsp3) is 1.00. The van der Waals surface area contributed by atoms with E-state index in [4.69, 9.17) is 9.94 Å². The van der Waals surface area contributed by atoms with Gasteiger partial charge in [0, 0.05) is 6.04 Å². The zero-order chi connectivity index (χ0) is 9.94. The first-order valence-corrected chi connectivity index (χ1v) is 5.33. The summed E-state index contributed by atoms with van der Waals surface area (Å²) in [7, 11) is 0. The van der Waals surface area contributed by atoms with E-state index in [1.807, 2.05) is 0 Å². The largest absolute Gasteiger partial charge is 0.394 e. The minimum Gasteiger partial charge on any atom is -0.394 e. The van der Waals surface area contributed by atoms with Crippen molar-refractivity contribution in [2.45, 2.75) is 52.0 Å². The molecular weight excluding hydrogens is 166 g/mol. The third-order valence-electron chi connectivity index (χ3n) is 2.09. The van der Waals surface area contributed by atoms with Crippen molar-refractivity contribution in [3.05, 3.63) is 0 Å². The van der Waals surface area contributed by atoms with Crippen molar-refractivity contribution >= 4 is 0 Å². The van der Waals surface area contributed by atoms with Crippen LogP contribution in [-0.4, -0.2) is 24.4 Å². The van der Waals surface area contributed by atoms with Gasteiger partial charge in [0.15, 0.2) is 0 Å². The summed E-state index contributed by atoms with van der Waals surface area (Å²) in [4.78, 5) is 5.07. The van der Waals surface area contributed by atoms with E-state index < -0.39 is 0 Å². The quantitative estimate of drug-likeness (QED) is 0.430. The Morgan fingerprint density at radius 3 is 2.62 bits per heavy atom. The summed E-state index contributed by atoms with van der Waals surface area (Å²) in [6.45, 7) is 4.81. The van der Waals surface area contributed by atoms with E-state index in [9.17, 15) is 0 Å². The zero-order valence-electron chi connectivity index (χ0n) is 8.88. The van der Waals surface area contributed by atoms with Crippen molar-refractivity contribution in [3.63, 3.8) is 0 Å². The second-order valence-electron chi connectivity index (χ2n) is 3.29. The van der Waals surface area contributed by atoms with E-state index in [0.29, 0.717) is 12.6 Å². The van der Waals surface area contributed by atoms with Crippen molar-refractivity contribution in [1.29, 1.82) is 0 Å². The molecule has 0 aromatic carbocycles. The Balaban J connectivity index is 3.28. The highest BCUT2D eigenvalue weighted by Crippen LogP contribution is 2.05. The van der Waals surface area contributed by atoms with Crippen molar-refractivity contribution in [1.82, 2.24) is 5.48 Å². The highest BCUT2D eigenvalue weighted by molar-refractivity contribution is 4.59. The Morgan fingerprint density at radius 2 is 2.08 bits per heavy atom. The maximum atomic E-state index is 8.50. The summed E-state index contributed by atoms with van der Waals surface area (Å²) < 4.78 is 0. The lowest BCUT2D eigenvalue weighted by Gasteiger charge is -2.15. The van der Waals surface area contributed by atoms with E-state index in [-0.39, 0.29) is 6.61 Å². The lowest BCUT2D eigenvalue weighted by molar-refractivity contribution is -0.00615. The van der Waals surface area contributed by atoms with Crippen LogP contribution in [0.3, 0.4) is 0 Å². The molecule has 0 aromatic rings. The van der Waals surface area contributed by atoms with E-state index >= 15 is 0 Å². The molecule has 3 nitrogen and oxygen atoms in total. The Labute approximate surface area is 81.4 Å². The molecule has 0 aliphatic heterocycles. The van der Waals surface area contributed by atoms with Crippen LogP contribution in [0.4, 0.5) is 0 Å². The molecule has 0 spiro atoms. The third kappa shape index (κ3) is 8.22. The van der Waals surface area contributed by atoms with E-state index in [1.54, 1.807) is 0 Å². The molecule has 0 heterocycles. The number of rotatable bonds is 9. The molecule has 0 saturated heterocycles. The van der Waals surface area contributed by atoms with Gasteiger partial charge in [-0.05, 0) is 12.8 Å². The molecule has 0 aliphatic carbocycles. The Morgan fingerprint density at radius 1 is 1.31 bits per heavy atom. The Bertz CT molecular complexity index is 88.9. The van der Waals surface area contributed by atoms with Crippen LogP contribution in [0.1, 0.15) is 46.0 Å². The maximum absolute atomic E-state index is 8.50. The highest BCUT2D eigenvalue weighted by atomic mass is 16.6. The zero-order valence-corrected chi connectivity index (χ0v) is 8.88. The maximum Gasteiger partial charge on any atom is 0.0913 e. The molecule has 1 atom stereocenters. The molecule has 0 bridgehead atoms. The normalized spacial score (nSPS) is 13.2. The van der Waals surface area contributed by atoms with Crippen LogP contribution >= 0.6 is 0 Å². The summed E-state index contributed by atoms with van der Waals surface area (Å²) in [6.07, 6.45) is 6.04. The van der Waals surface area contributed by atoms with Crippen LogP contribution in [0.25, 0.3) is 0 Å². The second kappa shape index (κ2) is 9.96. The monoisotopic (exact) mass is 189 g/mol.